The normalized spacial score (nSPS) is 20.8. The third-order valence-corrected chi connectivity index (χ3v) is 1.42. The van der Waals surface area contributed by atoms with Crippen molar-refractivity contribution in [1.29, 1.82) is 0 Å². The number of hydrogen-bond donors (Lipinski definition) is 1. The molecule has 0 aromatic carbocycles. The van der Waals surface area contributed by atoms with Gasteiger partial charge in [0, 0.05) is 19.7 Å². The molecule has 3 heteroatoms. The molecule has 10 heavy (non-hydrogen) atoms. The Labute approximate surface area is 61.6 Å². The summed E-state index contributed by atoms with van der Waals surface area (Å²) in [6.45, 7) is 7.11. The summed E-state index contributed by atoms with van der Waals surface area (Å²) in [5, 5.41) is 2.06. The molecular formula is C7H14N2O. The lowest BCUT2D eigenvalue weighted by Gasteiger charge is -2.26. The van der Waals surface area contributed by atoms with Gasteiger partial charge in [0.25, 0.3) is 0 Å². The highest BCUT2D eigenvalue weighted by Crippen LogP contribution is 1.96. The van der Waals surface area contributed by atoms with Crippen molar-refractivity contribution < 1.29 is 4.74 Å². The number of ether oxygens (including phenoxy) is 1. The SMILES string of the molecule is C=CCNN1CCCOC1. The van der Waals surface area contributed by atoms with Gasteiger partial charge in [0.1, 0.15) is 6.73 Å². The smallest absolute Gasteiger partial charge is 0.112 e. The summed E-state index contributed by atoms with van der Waals surface area (Å²) in [5.74, 6) is 0. The third kappa shape index (κ3) is 2.47. The molecule has 0 amide bonds. The Hall–Kier alpha value is -0.380. The van der Waals surface area contributed by atoms with E-state index in [2.05, 4.69) is 17.0 Å². The molecule has 0 aliphatic carbocycles. The zero-order valence-corrected chi connectivity index (χ0v) is 6.18. The van der Waals surface area contributed by atoms with Gasteiger partial charge in [0.15, 0.2) is 0 Å². The van der Waals surface area contributed by atoms with Crippen molar-refractivity contribution >= 4 is 0 Å². The van der Waals surface area contributed by atoms with Crippen LogP contribution in [0, 0.1) is 0 Å². The number of hydrogen-bond acceptors (Lipinski definition) is 3. The first-order valence-electron chi connectivity index (χ1n) is 3.60. The molecule has 1 N–H and O–H groups in total. The zero-order valence-electron chi connectivity index (χ0n) is 6.18. The van der Waals surface area contributed by atoms with Gasteiger partial charge in [-0.15, -0.1) is 6.58 Å². The van der Waals surface area contributed by atoms with E-state index in [0.717, 1.165) is 26.1 Å². The van der Waals surface area contributed by atoms with Crippen LogP contribution in [0.15, 0.2) is 12.7 Å². The topological polar surface area (TPSA) is 24.5 Å². The van der Waals surface area contributed by atoms with Gasteiger partial charge < -0.3 is 4.74 Å². The van der Waals surface area contributed by atoms with E-state index in [1.165, 1.54) is 0 Å². The maximum absolute atomic E-state index is 5.21. The number of rotatable bonds is 3. The Bertz CT molecular complexity index is 99.8. The fourth-order valence-electron chi connectivity index (χ4n) is 0.915. The number of nitrogens with one attached hydrogen (secondary N) is 1. The molecule has 0 radical (unpaired) electrons. The second kappa shape index (κ2) is 4.44. The molecule has 0 aromatic heterocycles. The van der Waals surface area contributed by atoms with Gasteiger partial charge in [-0.05, 0) is 6.42 Å². The fourth-order valence-corrected chi connectivity index (χ4v) is 0.915. The zero-order chi connectivity index (χ0) is 7.23. The molecule has 0 aromatic rings. The highest BCUT2D eigenvalue weighted by molar-refractivity contribution is 4.68. The Morgan fingerprint density at radius 3 is 3.20 bits per heavy atom. The van der Waals surface area contributed by atoms with Gasteiger partial charge in [-0.25, -0.2) is 10.4 Å². The summed E-state index contributed by atoms with van der Waals surface area (Å²) in [6, 6.07) is 0. The lowest BCUT2D eigenvalue weighted by Crippen LogP contribution is -2.43. The van der Waals surface area contributed by atoms with Gasteiger partial charge in [-0.1, -0.05) is 6.08 Å². The molecule has 1 aliphatic rings. The largest absolute Gasteiger partial charge is 0.365 e. The van der Waals surface area contributed by atoms with Crippen molar-refractivity contribution in [2.24, 2.45) is 0 Å². The molecule has 0 bridgehead atoms. The Morgan fingerprint density at radius 1 is 1.70 bits per heavy atom. The number of hydrazine groups is 1. The standard InChI is InChI=1S/C7H14N2O/c1-2-4-8-9-5-3-6-10-7-9/h2,8H,1,3-7H2. The predicted octanol–water partition coefficient (Wildman–Crippen LogP) is 0.357. The van der Waals surface area contributed by atoms with Crippen LogP contribution < -0.4 is 5.43 Å². The molecule has 1 heterocycles. The molecule has 1 fully saturated rings. The summed E-state index contributed by atoms with van der Waals surface area (Å²) >= 11 is 0. The van der Waals surface area contributed by atoms with E-state index in [1.807, 2.05) is 6.08 Å². The van der Waals surface area contributed by atoms with Crippen LogP contribution in [0.3, 0.4) is 0 Å². The maximum atomic E-state index is 5.21. The van der Waals surface area contributed by atoms with E-state index in [-0.39, 0.29) is 0 Å². The summed E-state index contributed by atoms with van der Waals surface area (Å²) in [4.78, 5) is 0. The summed E-state index contributed by atoms with van der Waals surface area (Å²) in [5.41, 5.74) is 3.16. The molecule has 1 aliphatic heterocycles. The summed E-state index contributed by atoms with van der Waals surface area (Å²) in [7, 11) is 0. The van der Waals surface area contributed by atoms with Gasteiger partial charge in [0.05, 0.1) is 0 Å². The van der Waals surface area contributed by atoms with Crippen molar-refractivity contribution in [3.63, 3.8) is 0 Å². The van der Waals surface area contributed by atoms with Gasteiger partial charge in [-0.3, -0.25) is 0 Å². The maximum Gasteiger partial charge on any atom is 0.112 e. The fraction of sp³-hybridized carbons (Fsp3) is 0.714. The lowest BCUT2D eigenvalue weighted by atomic mass is 10.4. The minimum Gasteiger partial charge on any atom is -0.365 e. The molecule has 3 nitrogen and oxygen atoms in total. The predicted molar refractivity (Wildman–Crippen MR) is 40.3 cm³/mol. The van der Waals surface area contributed by atoms with Crippen LogP contribution in [0.2, 0.25) is 0 Å². The highest BCUT2D eigenvalue weighted by Gasteiger charge is 2.07. The average Bonchev–Trinajstić information content (AvgIpc) is 2.03. The molecule has 0 unspecified atom stereocenters. The minimum atomic E-state index is 0.702. The van der Waals surface area contributed by atoms with E-state index in [1.54, 1.807) is 0 Å². The molecule has 0 saturated carbocycles. The van der Waals surface area contributed by atoms with Crippen molar-refractivity contribution in [1.82, 2.24) is 10.4 Å². The van der Waals surface area contributed by atoms with E-state index in [9.17, 15) is 0 Å². The van der Waals surface area contributed by atoms with Crippen molar-refractivity contribution in [3.8, 4) is 0 Å². The molecule has 1 rings (SSSR count). The van der Waals surface area contributed by atoms with E-state index in [0.29, 0.717) is 6.73 Å². The van der Waals surface area contributed by atoms with Gasteiger partial charge in [0.2, 0.25) is 0 Å². The number of nitrogens with zero attached hydrogens (tertiary/aromatic N) is 1. The molecule has 0 spiro atoms. The lowest BCUT2D eigenvalue weighted by molar-refractivity contribution is -0.0390. The first kappa shape index (κ1) is 7.72. The van der Waals surface area contributed by atoms with Crippen LogP contribution in [0.1, 0.15) is 6.42 Å². The van der Waals surface area contributed by atoms with Crippen LogP contribution in [0.25, 0.3) is 0 Å². The third-order valence-electron chi connectivity index (χ3n) is 1.42. The first-order valence-corrected chi connectivity index (χ1v) is 3.60. The van der Waals surface area contributed by atoms with Crippen molar-refractivity contribution in [3.05, 3.63) is 12.7 Å². The minimum absolute atomic E-state index is 0.702. The molecule has 58 valence electrons. The van der Waals surface area contributed by atoms with Crippen molar-refractivity contribution in [2.45, 2.75) is 6.42 Å². The summed E-state index contributed by atoms with van der Waals surface area (Å²) < 4.78 is 5.21. The highest BCUT2D eigenvalue weighted by atomic mass is 16.5. The van der Waals surface area contributed by atoms with Crippen LogP contribution in [-0.4, -0.2) is 31.4 Å². The summed E-state index contributed by atoms with van der Waals surface area (Å²) in [6.07, 6.45) is 2.96. The van der Waals surface area contributed by atoms with Crippen LogP contribution >= 0.6 is 0 Å². The first-order chi connectivity index (χ1) is 4.93. The Balaban J connectivity index is 2.07. The monoisotopic (exact) mass is 142 g/mol. The second-order valence-corrected chi connectivity index (χ2v) is 2.31. The van der Waals surface area contributed by atoms with E-state index < -0.39 is 0 Å². The molecular weight excluding hydrogens is 128 g/mol. The van der Waals surface area contributed by atoms with Crippen LogP contribution in [-0.2, 0) is 4.74 Å². The quantitative estimate of drug-likeness (QED) is 0.576. The Morgan fingerprint density at radius 2 is 2.60 bits per heavy atom. The molecule has 0 atom stereocenters. The second-order valence-electron chi connectivity index (χ2n) is 2.31. The van der Waals surface area contributed by atoms with Crippen LogP contribution in [0.4, 0.5) is 0 Å². The average molecular weight is 142 g/mol. The Kier molecular flexibility index (Phi) is 3.43. The van der Waals surface area contributed by atoms with Crippen molar-refractivity contribution in [2.75, 3.05) is 26.4 Å². The van der Waals surface area contributed by atoms with Gasteiger partial charge >= 0.3 is 0 Å². The van der Waals surface area contributed by atoms with E-state index in [4.69, 9.17) is 4.74 Å². The van der Waals surface area contributed by atoms with E-state index >= 15 is 0 Å². The van der Waals surface area contributed by atoms with Gasteiger partial charge in [-0.2, -0.15) is 0 Å². The van der Waals surface area contributed by atoms with Crippen LogP contribution in [0.5, 0.6) is 0 Å². The molecule has 1 saturated heterocycles.